The van der Waals surface area contributed by atoms with Crippen LogP contribution in [0.5, 0.6) is 0 Å². The zero-order chi connectivity index (χ0) is 18.0. The van der Waals surface area contributed by atoms with Crippen molar-refractivity contribution in [1.29, 1.82) is 0 Å². The molecule has 1 amide bonds. The molecule has 0 bridgehead atoms. The topological polar surface area (TPSA) is 110 Å². The van der Waals surface area contributed by atoms with Crippen molar-refractivity contribution in [2.24, 2.45) is 11.7 Å². The van der Waals surface area contributed by atoms with Crippen LogP contribution in [0.15, 0.2) is 18.2 Å². The minimum absolute atomic E-state index is 0.0833. The first-order valence-electron chi connectivity index (χ1n) is 8.95. The lowest BCUT2D eigenvalue weighted by atomic mass is 9.82. The maximum Gasteiger partial charge on any atom is 0.274 e. The molecule has 25 heavy (non-hydrogen) atoms. The fraction of sp³-hybridized carbons (Fsp3) is 0.611. The molecule has 1 saturated heterocycles. The molecular formula is C18H25N3O4. The van der Waals surface area contributed by atoms with Crippen molar-refractivity contribution in [2.75, 3.05) is 6.54 Å². The summed E-state index contributed by atoms with van der Waals surface area (Å²) in [5.74, 6) is -0.124. The maximum absolute atomic E-state index is 11.4. The Labute approximate surface area is 147 Å². The van der Waals surface area contributed by atoms with Gasteiger partial charge in [-0.3, -0.25) is 19.8 Å². The molecule has 2 unspecified atom stereocenters. The average molecular weight is 347 g/mol. The molecular weight excluding hydrogens is 322 g/mol. The van der Waals surface area contributed by atoms with Crippen LogP contribution in [0.25, 0.3) is 0 Å². The third-order valence-electron chi connectivity index (χ3n) is 5.56. The van der Waals surface area contributed by atoms with Gasteiger partial charge in [-0.1, -0.05) is 25.3 Å². The van der Waals surface area contributed by atoms with Crippen LogP contribution in [0.3, 0.4) is 0 Å². The molecule has 0 aromatic heterocycles. The average Bonchev–Trinajstić information content (AvgIpc) is 2.96. The molecule has 1 aromatic rings. The number of nitrogens with two attached hydrogens (primary N) is 1. The third-order valence-corrected chi connectivity index (χ3v) is 5.56. The molecule has 3 rings (SSSR count). The number of amides is 1. The van der Waals surface area contributed by atoms with Crippen LogP contribution in [0.4, 0.5) is 5.69 Å². The van der Waals surface area contributed by atoms with Crippen molar-refractivity contribution in [2.45, 2.75) is 57.2 Å². The number of nitro groups is 1. The van der Waals surface area contributed by atoms with Crippen molar-refractivity contribution in [1.82, 2.24) is 4.90 Å². The predicted octanol–water partition coefficient (Wildman–Crippen LogP) is 2.21. The Morgan fingerprint density at radius 1 is 1.32 bits per heavy atom. The molecule has 1 heterocycles. The highest BCUT2D eigenvalue weighted by molar-refractivity contribution is 5.93. The molecule has 1 aliphatic heterocycles. The molecule has 3 N–H and O–H groups in total. The summed E-state index contributed by atoms with van der Waals surface area (Å²) in [4.78, 5) is 24.4. The number of nitro benzene ring substituents is 1. The Hall–Kier alpha value is -1.99. The number of hydrogen-bond donors (Lipinski definition) is 2. The van der Waals surface area contributed by atoms with Crippen LogP contribution >= 0.6 is 0 Å². The number of carbonyl (C=O) groups is 1. The first-order valence-corrected chi connectivity index (χ1v) is 8.95. The summed E-state index contributed by atoms with van der Waals surface area (Å²) in [6.45, 7) is 0.948. The van der Waals surface area contributed by atoms with Crippen LogP contribution in [-0.4, -0.2) is 39.5 Å². The number of likely N-dealkylation sites (tertiary alicyclic amines) is 1. The van der Waals surface area contributed by atoms with E-state index in [1.807, 2.05) is 0 Å². The van der Waals surface area contributed by atoms with Crippen molar-refractivity contribution < 1.29 is 14.8 Å². The van der Waals surface area contributed by atoms with Gasteiger partial charge < -0.3 is 10.8 Å². The highest BCUT2D eigenvalue weighted by atomic mass is 16.6. The standard InChI is InChI=1S/C18H25N3O4/c19-18(23)13-6-7-14(17(8-13)21(24)25)10-20-11-15(22)9-16(20)12-4-2-1-3-5-12/h6-8,12,15-16,22H,1-5,9-11H2,(H2,19,23). The Bertz CT molecular complexity index is 658. The van der Waals surface area contributed by atoms with Gasteiger partial charge in [0, 0.05) is 36.3 Å². The lowest BCUT2D eigenvalue weighted by Gasteiger charge is -2.33. The van der Waals surface area contributed by atoms with E-state index in [2.05, 4.69) is 4.90 Å². The van der Waals surface area contributed by atoms with Gasteiger partial charge in [0.1, 0.15) is 0 Å². The van der Waals surface area contributed by atoms with E-state index in [0.29, 0.717) is 24.6 Å². The lowest BCUT2D eigenvalue weighted by Crippen LogP contribution is -2.36. The summed E-state index contributed by atoms with van der Waals surface area (Å²) >= 11 is 0. The Balaban J connectivity index is 1.82. The van der Waals surface area contributed by atoms with Crippen LogP contribution in [-0.2, 0) is 6.54 Å². The highest BCUT2D eigenvalue weighted by Crippen LogP contribution is 2.36. The van der Waals surface area contributed by atoms with E-state index in [1.54, 1.807) is 6.07 Å². The first-order chi connectivity index (χ1) is 12.0. The molecule has 1 aromatic carbocycles. The van der Waals surface area contributed by atoms with Gasteiger partial charge >= 0.3 is 0 Å². The van der Waals surface area contributed by atoms with Crippen molar-refractivity contribution in [3.63, 3.8) is 0 Å². The van der Waals surface area contributed by atoms with Gasteiger partial charge in [-0.25, -0.2) is 0 Å². The Kier molecular flexibility index (Phi) is 5.34. The van der Waals surface area contributed by atoms with Crippen LogP contribution in [0.1, 0.15) is 54.4 Å². The monoisotopic (exact) mass is 347 g/mol. The van der Waals surface area contributed by atoms with Crippen molar-refractivity contribution >= 4 is 11.6 Å². The van der Waals surface area contributed by atoms with Gasteiger partial charge in [-0.2, -0.15) is 0 Å². The van der Waals surface area contributed by atoms with Gasteiger partial charge in [-0.05, 0) is 31.2 Å². The van der Waals surface area contributed by atoms with Crippen molar-refractivity contribution in [3.05, 3.63) is 39.4 Å². The largest absolute Gasteiger partial charge is 0.392 e. The quantitative estimate of drug-likeness (QED) is 0.627. The zero-order valence-electron chi connectivity index (χ0n) is 14.3. The summed E-state index contributed by atoms with van der Waals surface area (Å²) in [7, 11) is 0. The number of aliphatic hydroxyl groups is 1. The summed E-state index contributed by atoms with van der Waals surface area (Å²) < 4.78 is 0. The van der Waals surface area contributed by atoms with E-state index in [-0.39, 0.29) is 23.4 Å². The summed E-state index contributed by atoms with van der Waals surface area (Å²) in [6.07, 6.45) is 6.39. The van der Waals surface area contributed by atoms with E-state index in [0.717, 1.165) is 19.3 Å². The van der Waals surface area contributed by atoms with Crippen molar-refractivity contribution in [3.8, 4) is 0 Å². The Morgan fingerprint density at radius 3 is 2.68 bits per heavy atom. The van der Waals surface area contributed by atoms with E-state index in [9.17, 15) is 20.0 Å². The molecule has 0 radical (unpaired) electrons. The molecule has 0 spiro atoms. The van der Waals surface area contributed by atoms with Crippen LogP contribution in [0, 0.1) is 16.0 Å². The van der Waals surface area contributed by atoms with Gasteiger partial charge in [0.2, 0.25) is 5.91 Å². The van der Waals surface area contributed by atoms with Gasteiger partial charge in [0.05, 0.1) is 11.0 Å². The molecule has 7 nitrogen and oxygen atoms in total. The normalized spacial score (nSPS) is 25.2. The molecule has 1 aliphatic carbocycles. The minimum Gasteiger partial charge on any atom is -0.392 e. The zero-order valence-corrected chi connectivity index (χ0v) is 14.3. The van der Waals surface area contributed by atoms with Gasteiger partial charge in [0.15, 0.2) is 0 Å². The number of hydrogen-bond acceptors (Lipinski definition) is 5. The fourth-order valence-electron chi connectivity index (χ4n) is 4.34. The molecule has 136 valence electrons. The second kappa shape index (κ2) is 7.49. The number of primary amides is 1. The minimum atomic E-state index is -0.675. The van der Waals surface area contributed by atoms with Gasteiger partial charge in [-0.15, -0.1) is 0 Å². The van der Waals surface area contributed by atoms with Gasteiger partial charge in [0.25, 0.3) is 5.69 Å². The van der Waals surface area contributed by atoms with Crippen LogP contribution < -0.4 is 5.73 Å². The second-order valence-corrected chi connectivity index (χ2v) is 7.25. The fourth-order valence-corrected chi connectivity index (χ4v) is 4.34. The van der Waals surface area contributed by atoms with Crippen LogP contribution in [0.2, 0.25) is 0 Å². The SMILES string of the molecule is NC(=O)c1ccc(CN2CC(O)CC2C2CCCCC2)c([N+](=O)[O-])c1. The second-order valence-electron chi connectivity index (χ2n) is 7.25. The molecule has 7 heteroatoms. The highest BCUT2D eigenvalue weighted by Gasteiger charge is 2.37. The first kappa shape index (κ1) is 17.8. The molecule has 2 atom stereocenters. The Morgan fingerprint density at radius 2 is 2.04 bits per heavy atom. The number of nitrogens with zero attached hydrogens (tertiary/aromatic N) is 2. The summed E-state index contributed by atoms with van der Waals surface area (Å²) in [5.41, 5.74) is 5.85. The van der Waals surface area contributed by atoms with E-state index in [4.69, 9.17) is 5.73 Å². The predicted molar refractivity (Wildman–Crippen MR) is 93.0 cm³/mol. The molecule has 1 saturated carbocycles. The summed E-state index contributed by atoms with van der Waals surface area (Å²) in [5, 5.41) is 21.5. The summed E-state index contributed by atoms with van der Waals surface area (Å²) in [6, 6.07) is 4.67. The van der Waals surface area contributed by atoms with E-state index in [1.165, 1.54) is 31.4 Å². The maximum atomic E-state index is 11.4. The number of carbonyl (C=O) groups excluding carboxylic acids is 1. The lowest BCUT2D eigenvalue weighted by molar-refractivity contribution is -0.385. The third kappa shape index (κ3) is 3.99. The van der Waals surface area contributed by atoms with E-state index >= 15 is 0 Å². The number of β-amino-alcohol motifs (C(OH)–C–C–N with tert-alkyl or cyclic N) is 1. The number of aliphatic hydroxyl groups excluding tert-OH is 1. The number of benzene rings is 1. The molecule has 2 aliphatic rings. The van der Waals surface area contributed by atoms with E-state index < -0.39 is 10.8 Å². The molecule has 2 fully saturated rings. The number of rotatable bonds is 5. The smallest absolute Gasteiger partial charge is 0.274 e.